The van der Waals surface area contributed by atoms with Gasteiger partial charge in [-0.15, -0.1) is 0 Å². The number of amides is 1. The van der Waals surface area contributed by atoms with Gasteiger partial charge in [-0.05, 0) is 51.1 Å². The van der Waals surface area contributed by atoms with E-state index in [1.54, 1.807) is 47.4 Å². The zero-order valence-electron chi connectivity index (χ0n) is 22.8. The van der Waals surface area contributed by atoms with Gasteiger partial charge in [0.05, 0.1) is 27.9 Å². The smallest absolute Gasteiger partial charge is 0.410 e. The highest BCUT2D eigenvalue weighted by atomic mass is 35.5. The van der Waals surface area contributed by atoms with Gasteiger partial charge >= 0.3 is 6.09 Å². The van der Waals surface area contributed by atoms with Gasteiger partial charge in [-0.25, -0.2) is 9.89 Å². The van der Waals surface area contributed by atoms with Gasteiger partial charge in [-0.1, -0.05) is 23.7 Å². The fourth-order valence-electron chi connectivity index (χ4n) is 4.41. The summed E-state index contributed by atoms with van der Waals surface area (Å²) in [7, 11) is 0. The van der Waals surface area contributed by atoms with Crippen LogP contribution in [0.2, 0.25) is 5.02 Å². The maximum atomic E-state index is 12.7. The van der Waals surface area contributed by atoms with E-state index in [2.05, 4.69) is 31.5 Å². The second kappa shape index (κ2) is 11.3. The molecule has 12 heteroatoms. The van der Waals surface area contributed by atoms with Gasteiger partial charge in [-0.2, -0.15) is 15.3 Å². The van der Waals surface area contributed by atoms with E-state index in [4.69, 9.17) is 21.1 Å². The summed E-state index contributed by atoms with van der Waals surface area (Å²) in [6.45, 7) is 7.71. The molecule has 41 heavy (non-hydrogen) atoms. The minimum absolute atomic E-state index is 0.193. The van der Waals surface area contributed by atoms with Gasteiger partial charge in [-0.3, -0.25) is 4.79 Å². The van der Waals surface area contributed by atoms with Gasteiger partial charge in [0.25, 0.3) is 5.56 Å². The highest BCUT2D eigenvalue weighted by Crippen LogP contribution is 2.33. The molecular formula is C29H28ClN7O4. The predicted molar refractivity (Wildman–Crippen MR) is 156 cm³/mol. The first-order chi connectivity index (χ1) is 19.6. The summed E-state index contributed by atoms with van der Waals surface area (Å²) in [4.78, 5) is 33.4. The molecule has 0 radical (unpaired) electrons. The van der Waals surface area contributed by atoms with E-state index >= 15 is 0 Å². The van der Waals surface area contributed by atoms with Crippen LogP contribution in [-0.4, -0.2) is 58.0 Å². The van der Waals surface area contributed by atoms with Crippen molar-refractivity contribution in [3.63, 3.8) is 0 Å². The van der Waals surface area contributed by atoms with Crippen molar-refractivity contribution in [3.05, 3.63) is 75.7 Å². The average molecular weight is 574 g/mol. The van der Waals surface area contributed by atoms with Crippen molar-refractivity contribution in [2.24, 2.45) is 0 Å². The van der Waals surface area contributed by atoms with Gasteiger partial charge in [0, 0.05) is 43.3 Å². The van der Waals surface area contributed by atoms with E-state index in [-0.39, 0.29) is 23.2 Å². The number of rotatable bonds is 5. The summed E-state index contributed by atoms with van der Waals surface area (Å²) in [5.74, 6) is 0.792. The number of halogens is 1. The van der Waals surface area contributed by atoms with Crippen LogP contribution in [0, 0.1) is 11.3 Å². The summed E-state index contributed by atoms with van der Waals surface area (Å²) in [6.07, 6.45) is 1.16. The number of nitrogens with one attached hydrogen (secondary N) is 2. The number of carbonyl (C=O) groups excluding carboxylic acids is 1. The first-order valence-corrected chi connectivity index (χ1v) is 13.3. The van der Waals surface area contributed by atoms with Crippen molar-refractivity contribution in [2.45, 2.75) is 26.4 Å². The quantitative estimate of drug-likeness (QED) is 0.320. The number of carbonyl (C=O) groups is 1. The molecule has 0 aliphatic carbocycles. The zero-order valence-corrected chi connectivity index (χ0v) is 23.5. The predicted octanol–water partition coefficient (Wildman–Crippen LogP) is 5.44. The number of hydrogen-bond donors (Lipinski definition) is 2. The third-order valence-electron chi connectivity index (χ3n) is 6.35. The maximum Gasteiger partial charge on any atom is 0.410 e. The van der Waals surface area contributed by atoms with Crippen LogP contribution in [0.1, 0.15) is 26.3 Å². The molecule has 0 saturated carbocycles. The Hall–Kier alpha value is -4.82. The molecule has 5 rings (SSSR count). The Morgan fingerprint density at radius 3 is 2.59 bits per heavy atom. The summed E-state index contributed by atoms with van der Waals surface area (Å²) in [6, 6.07) is 16.2. The molecule has 210 valence electrons. The van der Waals surface area contributed by atoms with Crippen molar-refractivity contribution >= 4 is 45.7 Å². The zero-order chi connectivity index (χ0) is 29.1. The molecule has 11 nitrogen and oxygen atoms in total. The number of benzene rings is 2. The van der Waals surface area contributed by atoms with Crippen molar-refractivity contribution in [1.29, 1.82) is 5.26 Å². The standard InChI is InChI=1S/C29H28ClN7O4/c1-29(2,3)41-28(39)37-12-10-36(11-13-37)20-8-9-22(18(14-20)16-31)33-26-25-19(17-32-35-27(25)38)15-24(34-26)40-23-7-5-4-6-21(23)30/h4-9,14-15,17H,10-13H2,1-3H3,(H,33,34)(H,35,38). The number of nitriles is 1. The number of anilines is 3. The number of H-pyrrole nitrogens is 1. The van der Waals surface area contributed by atoms with E-state index in [1.165, 1.54) is 6.20 Å². The first kappa shape index (κ1) is 27.7. The molecule has 1 saturated heterocycles. The van der Waals surface area contributed by atoms with Gasteiger partial charge in [0.15, 0.2) is 0 Å². The second-order valence-corrected chi connectivity index (χ2v) is 10.8. The molecule has 3 heterocycles. The molecule has 1 fully saturated rings. The summed E-state index contributed by atoms with van der Waals surface area (Å²) >= 11 is 6.25. The first-order valence-electron chi connectivity index (χ1n) is 13.0. The number of hydrogen-bond acceptors (Lipinski definition) is 9. The van der Waals surface area contributed by atoms with Crippen LogP contribution in [0.25, 0.3) is 10.8 Å². The number of piperazine rings is 1. The molecule has 4 aromatic rings. The lowest BCUT2D eigenvalue weighted by Gasteiger charge is -2.36. The fraction of sp³-hybridized carbons (Fsp3) is 0.276. The van der Waals surface area contributed by atoms with Crippen LogP contribution in [0.15, 0.2) is 59.5 Å². The van der Waals surface area contributed by atoms with Crippen molar-refractivity contribution < 1.29 is 14.3 Å². The van der Waals surface area contributed by atoms with E-state index in [9.17, 15) is 14.9 Å². The number of aromatic nitrogens is 3. The Morgan fingerprint density at radius 1 is 1.12 bits per heavy atom. The van der Waals surface area contributed by atoms with Crippen molar-refractivity contribution in [1.82, 2.24) is 20.1 Å². The van der Waals surface area contributed by atoms with E-state index in [0.717, 1.165) is 5.69 Å². The largest absolute Gasteiger partial charge is 0.444 e. The SMILES string of the molecule is CC(C)(C)OC(=O)N1CCN(c2ccc(Nc3nc(Oc4ccccc4Cl)cc4cn[nH]c(=O)c34)c(C#N)c2)CC1. The number of para-hydroxylation sites is 1. The fourth-order valence-corrected chi connectivity index (χ4v) is 4.59. The molecule has 1 aliphatic rings. The van der Waals surface area contributed by atoms with Crippen LogP contribution in [0.3, 0.4) is 0 Å². The molecule has 0 unspecified atom stereocenters. The van der Waals surface area contributed by atoms with Crippen molar-refractivity contribution in [3.8, 4) is 17.7 Å². The van der Waals surface area contributed by atoms with E-state index in [0.29, 0.717) is 53.6 Å². The normalized spacial score (nSPS) is 13.5. The minimum Gasteiger partial charge on any atom is -0.444 e. The Kier molecular flexibility index (Phi) is 7.68. The lowest BCUT2D eigenvalue weighted by atomic mass is 10.1. The van der Waals surface area contributed by atoms with Gasteiger partial charge in [0.1, 0.15) is 23.2 Å². The topological polar surface area (TPSA) is 136 Å². The van der Waals surface area contributed by atoms with Crippen LogP contribution in [0.4, 0.5) is 22.0 Å². The molecule has 1 amide bonds. The highest BCUT2D eigenvalue weighted by Gasteiger charge is 2.26. The van der Waals surface area contributed by atoms with Gasteiger partial charge in [0.2, 0.25) is 5.88 Å². The number of ether oxygens (including phenoxy) is 2. The van der Waals surface area contributed by atoms with Crippen LogP contribution >= 0.6 is 11.6 Å². The Bertz CT molecular complexity index is 1700. The number of nitrogens with zero attached hydrogens (tertiary/aromatic N) is 5. The maximum absolute atomic E-state index is 12.7. The Labute approximate surface area is 241 Å². The highest BCUT2D eigenvalue weighted by molar-refractivity contribution is 6.32. The summed E-state index contributed by atoms with van der Waals surface area (Å²) in [5.41, 5.74) is 0.658. The molecule has 0 spiro atoms. The Morgan fingerprint density at radius 2 is 1.88 bits per heavy atom. The minimum atomic E-state index is -0.555. The third-order valence-corrected chi connectivity index (χ3v) is 6.66. The van der Waals surface area contributed by atoms with E-state index in [1.807, 2.05) is 26.8 Å². The molecule has 0 atom stereocenters. The molecule has 2 aromatic carbocycles. The van der Waals surface area contributed by atoms with Crippen molar-refractivity contribution in [2.75, 3.05) is 36.4 Å². The summed E-state index contributed by atoms with van der Waals surface area (Å²) < 4.78 is 11.4. The number of fused-ring (bicyclic) bond motifs is 1. The lowest BCUT2D eigenvalue weighted by molar-refractivity contribution is 0.0240. The number of pyridine rings is 1. The molecule has 2 aromatic heterocycles. The van der Waals surface area contributed by atoms with Crippen LogP contribution in [-0.2, 0) is 4.74 Å². The second-order valence-electron chi connectivity index (χ2n) is 10.4. The van der Waals surface area contributed by atoms with Crippen LogP contribution < -0.4 is 20.5 Å². The van der Waals surface area contributed by atoms with E-state index < -0.39 is 11.2 Å². The Balaban J connectivity index is 1.39. The lowest BCUT2D eigenvalue weighted by Crippen LogP contribution is -2.50. The van der Waals surface area contributed by atoms with Crippen LogP contribution in [0.5, 0.6) is 11.6 Å². The molecule has 2 N–H and O–H groups in total. The molecular weight excluding hydrogens is 546 g/mol. The summed E-state index contributed by atoms with van der Waals surface area (Å²) in [5, 5.41) is 20.6. The molecule has 1 aliphatic heterocycles. The monoisotopic (exact) mass is 573 g/mol. The number of aromatic amines is 1. The third kappa shape index (κ3) is 6.34. The average Bonchev–Trinajstić information content (AvgIpc) is 2.93. The molecule has 0 bridgehead atoms. The van der Waals surface area contributed by atoms with Gasteiger partial charge < -0.3 is 24.6 Å².